The Morgan fingerprint density at radius 2 is 1.81 bits per heavy atom. The Morgan fingerprint density at radius 1 is 1.06 bits per heavy atom. The number of carboxylic acid groups (broad SMARTS) is 1. The highest BCUT2D eigenvalue weighted by Gasteiger charge is 2.69. The van der Waals surface area contributed by atoms with Crippen LogP contribution in [0.15, 0.2) is 40.1 Å². The molecule has 0 saturated heterocycles. The van der Waals surface area contributed by atoms with E-state index < -0.39 is 22.8 Å². The number of hydrogen-bond donors (Lipinski definition) is 1. The zero-order chi connectivity index (χ0) is 37.9. The van der Waals surface area contributed by atoms with E-state index in [0.29, 0.717) is 36.5 Å². The molecule has 2 heterocycles. The second-order valence-corrected chi connectivity index (χ2v) is 18.4. The van der Waals surface area contributed by atoms with Gasteiger partial charge in [0, 0.05) is 18.8 Å². The minimum absolute atomic E-state index is 0.0231. The van der Waals surface area contributed by atoms with Crippen LogP contribution in [0.5, 0.6) is 0 Å². The fourth-order valence-corrected chi connectivity index (χ4v) is 11.9. The van der Waals surface area contributed by atoms with Crippen LogP contribution in [0, 0.1) is 45.3 Å². The number of nitrogens with zero attached hydrogens (tertiary/aromatic N) is 3. The Balaban J connectivity index is 1.32. The third-order valence-electron chi connectivity index (χ3n) is 15.1. The van der Waals surface area contributed by atoms with Crippen LogP contribution in [0.2, 0.25) is 0 Å². The molecule has 284 valence electrons. The van der Waals surface area contributed by atoms with Crippen LogP contribution in [0.25, 0.3) is 11.5 Å². The van der Waals surface area contributed by atoms with Crippen LogP contribution < -0.4 is 0 Å². The smallest absolute Gasteiger partial charge is 0.309 e. The second-order valence-electron chi connectivity index (χ2n) is 18.4. The molecular formula is C43H61N3O6. The molecule has 4 aliphatic rings. The summed E-state index contributed by atoms with van der Waals surface area (Å²) in [6, 6.07) is 3.79. The summed E-state index contributed by atoms with van der Waals surface area (Å²) in [6.07, 6.45) is 13.2. The van der Waals surface area contributed by atoms with E-state index in [1.54, 1.807) is 26.2 Å². The average molecular weight is 716 g/mol. The lowest BCUT2D eigenvalue weighted by Crippen LogP contribution is -2.62. The van der Waals surface area contributed by atoms with Gasteiger partial charge in [-0.15, -0.1) is 10.2 Å². The van der Waals surface area contributed by atoms with Gasteiger partial charge in [0.2, 0.25) is 11.8 Å². The van der Waals surface area contributed by atoms with Crippen molar-refractivity contribution < 1.29 is 28.6 Å². The highest BCUT2D eigenvalue weighted by atomic mass is 16.5. The van der Waals surface area contributed by atoms with Crippen molar-refractivity contribution >= 4 is 17.7 Å². The Morgan fingerprint density at radius 3 is 2.44 bits per heavy atom. The fraction of sp³-hybridized carbons (Fsp3) is 0.721. The molecule has 1 N–H and O–H groups in total. The largest absolute Gasteiger partial charge is 0.481 e. The molecule has 0 aliphatic heterocycles. The van der Waals surface area contributed by atoms with Crippen LogP contribution in [0.1, 0.15) is 145 Å². The molecule has 0 unspecified atom stereocenters. The summed E-state index contributed by atoms with van der Waals surface area (Å²) < 4.78 is 12.5. The first-order valence-corrected chi connectivity index (χ1v) is 19.9. The number of ether oxygens (including phenoxy) is 1. The quantitative estimate of drug-likeness (QED) is 0.213. The maximum Gasteiger partial charge on any atom is 0.309 e. The monoisotopic (exact) mass is 715 g/mol. The zero-order valence-corrected chi connectivity index (χ0v) is 33.0. The van der Waals surface area contributed by atoms with E-state index in [1.807, 2.05) is 12.1 Å². The SMILES string of the molecule is CC[C@H](CC[C@@]1(C)[C@H](CC)CC[C@]2(C)[C@@H]1CC[C@@H]1C3=C(C(C)C)C(=O)C[C@]3(c3nnc(-c4cccnc4)o3)CC[C@]12C)OC(=O)CC(C)(C)C(=O)O. The first-order chi connectivity index (χ1) is 24.5. The van der Waals surface area contributed by atoms with Crippen molar-refractivity contribution in [2.45, 2.75) is 151 Å². The van der Waals surface area contributed by atoms with Crippen LogP contribution >= 0.6 is 0 Å². The molecule has 3 saturated carbocycles. The summed E-state index contributed by atoms with van der Waals surface area (Å²) in [7, 11) is 0. The number of fused-ring (bicyclic) bond motifs is 5. The molecule has 52 heavy (non-hydrogen) atoms. The summed E-state index contributed by atoms with van der Waals surface area (Å²) in [5.41, 5.74) is 1.39. The van der Waals surface area contributed by atoms with Gasteiger partial charge in [-0.05, 0) is 135 Å². The molecule has 2 aromatic rings. The van der Waals surface area contributed by atoms with E-state index in [9.17, 15) is 19.5 Å². The second kappa shape index (κ2) is 13.8. The number of esters is 1. The molecule has 9 nitrogen and oxygen atoms in total. The molecule has 4 aliphatic carbocycles. The number of aliphatic carboxylic acids is 1. The first kappa shape index (κ1) is 38.4. The van der Waals surface area contributed by atoms with Crippen molar-refractivity contribution in [2.75, 3.05) is 0 Å². The molecular weight excluding hydrogens is 654 g/mol. The number of allylic oxidation sites excluding steroid dienone is 2. The van der Waals surface area contributed by atoms with Crippen molar-refractivity contribution in [2.24, 2.45) is 45.3 Å². The zero-order valence-electron chi connectivity index (χ0n) is 33.0. The Hall–Kier alpha value is -3.36. The molecule has 2 aromatic heterocycles. The lowest BCUT2D eigenvalue weighted by molar-refractivity contribution is -0.187. The van der Waals surface area contributed by atoms with Gasteiger partial charge in [0.15, 0.2) is 5.78 Å². The van der Waals surface area contributed by atoms with Crippen LogP contribution in [-0.4, -0.2) is 44.1 Å². The van der Waals surface area contributed by atoms with Gasteiger partial charge in [-0.25, -0.2) is 0 Å². The summed E-state index contributed by atoms with van der Waals surface area (Å²) in [4.78, 5) is 43.0. The molecule has 0 bridgehead atoms. The number of carbonyl (C=O) groups is 3. The molecule has 9 heteroatoms. The molecule has 3 fully saturated rings. The van der Waals surface area contributed by atoms with Crippen molar-refractivity contribution in [3.05, 3.63) is 41.6 Å². The number of hydrogen-bond acceptors (Lipinski definition) is 8. The van der Waals surface area contributed by atoms with E-state index >= 15 is 0 Å². The van der Waals surface area contributed by atoms with E-state index in [1.165, 1.54) is 5.57 Å². The van der Waals surface area contributed by atoms with Gasteiger partial charge in [0.25, 0.3) is 0 Å². The molecule has 6 rings (SSSR count). The van der Waals surface area contributed by atoms with Gasteiger partial charge in [0.05, 0.1) is 22.8 Å². The predicted molar refractivity (Wildman–Crippen MR) is 199 cm³/mol. The lowest BCUT2D eigenvalue weighted by atomic mass is 9.35. The maximum absolute atomic E-state index is 14.1. The summed E-state index contributed by atoms with van der Waals surface area (Å²) >= 11 is 0. The van der Waals surface area contributed by atoms with Gasteiger partial charge in [0.1, 0.15) is 6.10 Å². The standard InChI is InChI=1S/C43H61N3O6/c1-10-28-16-19-42(9)32(40(28,7)18-17-29(11-2)51-33(48)24-39(5,6)38(49)50)15-14-30-35-34(26(3)4)31(47)23-43(35,21-20-41(30,42)8)37-46-45-36(52-37)27-13-12-22-44-25-27/h12-13,22,25-26,28-30,32H,10-11,14-21,23-24H2,1-9H3,(H,49,50)/t28-,29-,30-,32-,40+,41-,42-,43-/m1/s1. The van der Waals surface area contributed by atoms with Gasteiger partial charge in [-0.1, -0.05) is 54.9 Å². The summed E-state index contributed by atoms with van der Waals surface area (Å²) in [6.45, 7) is 19.5. The first-order valence-electron chi connectivity index (χ1n) is 19.9. The average Bonchev–Trinajstić information content (AvgIpc) is 3.71. The number of aromatic nitrogens is 3. The van der Waals surface area contributed by atoms with E-state index in [2.05, 4.69) is 63.6 Å². The minimum Gasteiger partial charge on any atom is -0.481 e. The molecule has 0 aromatic carbocycles. The normalized spacial score (nSPS) is 33.7. The summed E-state index contributed by atoms with van der Waals surface area (Å²) in [5.74, 6) is 1.21. The van der Waals surface area contributed by atoms with E-state index in [0.717, 1.165) is 68.9 Å². The topological polar surface area (TPSA) is 132 Å². The number of Topliss-reactive ketones (excluding diaryl/α,β-unsaturated/α-hetero) is 1. The summed E-state index contributed by atoms with van der Waals surface area (Å²) in [5, 5.41) is 18.7. The number of ketones is 1. The van der Waals surface area contributed by atoms with Gasteiger partial charge >= 0.3 is 11.9 Å². The molecule has 0 amide bonds. The number of rotatable bonds is 12. The lowest BCUT2D eigenvalue weighted by Gasteiger charge is -2.69. The Bertz CT molecular complexity index is 1710. The number of carboxylic acids is 1. The Kier molecular flexibility index (Phi) is 10.2. The van der Waals surface area contributed by atoms with Crippen molar-refractivity contribution in [1.29, 1.82) is 0 Å². The third kappa shape index (κ3) is 6.06. The van der Waals surface area contributed by atoms with Crippen molar-refractivity contribution in [3.63, 3.8) is 0 Å². The van der Waals surface area contributed by atoms with Crippen molar-refractivity contribution in [3.8, 4) is 11.5 Å². The molecule has 8 atom stereocenters. The number of carbonyl (C=O) groups excluding carboxylic acids is 2. The van der Waals surface area contributed by atoms with Crippen molar-refractivity contribution in [1.82, 2.24) is 15.2 Å². The van der Waals surface area contributed by atoms with E-state index in [-0.39, 0.29) is 46.4 Å². The third-order valence-corrected chi connectivity index (χ3v) is 15.1. The van der Waals surface area contributed by atoms with Gasteiger partial charge < -0.3 is 14.3 Å². The van der Waals surface area contributed by atoms with Crippen LogP contribution in [0.4, 0.5) is 0 Å². The van der Waals surface area contributed by atoms with Gasteiger partial charge in [-0.3, -0.25) is 19.4 Å². The van der Waals surface area contributed by atoms with E-state index in [4.69, 9.17) is 9.15 Å². The predicted octanol–water partition coefficient (Wildman–Crippen LogP) is 9.56. The maximum atomic E-state index is 14.1. The molecule has 0 radical (unpaired) electrons. The fourth-order valence-electron chi connectivity index (χ4n) is 11.9. The number of pyridine rings is 1. The Labute approximate surface area is 310 Å². The minimum atomic E-state index is -1.16. The van der Waals surface area contributed by atoms with Gasteiger partial charge in [-0.2, -0.15) is 0 Å². The van der Waals surface area contributed by atoms with Crippen LogP contribution in [0.3, 0.4) is 0 Å². The molecule has 0 spiro atoms. The van der Waals surface area contributed by atoms with Crippen LogP contribution in [-0.2, 0) is 24.5 Å². The highest BCUT2D eigenvalue weighted by molar-refractivity contribution is 6.01. The highest BCUT2D eigenvalue weighted by Crippen LogP contribution is 2.75.